The van der Waals surface area contributed by atoms with Gasteiger partial charge in [-0.1, -0.05) is 13.3 Å². The lowest BCUT2D eigenvalue weighted by Gasteiger charge is -2.24. The van der Waals surface area contributed by atoms with E-state index in [4.69, 9.17) is 26.4 Å². The molecular formula is C12H22N2O6. The lowest BCUT2D eigenvalue weighted by Crippen LogP contribution is -2.57. The summed E-state index contributed by atoms with van der Waals surface area (Å²) in [4.78, 5) is 33.9. The molecule has 0 spiro atoms. The van der Waals surface area contributed by atoms with Crippen molar-refractivity contribution in [2.75, 3.05) is 6.54 Å². The molecular weight excluding hydrogens is 268 g/mol. The summed E-state index contributed by atoms with van der Waals surface area (Å²) >= 11 is 0. The molecule has 0 amide bonds. The van der Waals surface area contributed by atoms with Crippen molar-refractivity contribution < 1.29 is 29.3 Å². The van der Waals surface area contributed by atoms with Crippen molar-refractivity contribution in [1.29, 1.82) is 0 Å². The zero-order valence-corrected chi connectivity index (χ0v) is 11.5. The van der Waals surface area contributed by atoms with E-state index in [0.29, 0.717) is 25.8 Å². The fourth-order valence-electron chi connectivity index (χ4n) is 1.57. The number of esters is 1. The van der Waals surface area contributed by atoms with Gasteiger partial charge in [0, 0.05) is 0 Å². The second-order valence-electron chi connectivity index (χ2n) is 4.54. The first-order valence-electron chi connectivity index (χ1n) is 6.45. The molecule has 0 fully saturated rings. The molecule has 0 aliphatic heterocycles. The molecule has 0 aliphatic carbocycles. The molecule has 0 aromatic heterocycles. The van der Waals surface area contributed by atoms with Crippen molar-refractivity contribution in [3.63, 3.8) is 0 Å². The Morgan fingerprint density at radius 1 is 1.25 bits per heavy atom. The number of hydrogen-bond acceptors (Lipinski definition) is 6. The first kappa shape index (κ1) is 18.3. The van der Waals surface area contributed by atoms with Gasteiger partial charge in [-0.05, 0) is 32.2 Å². The highest BCUT2D eigenvalue weighted by atomic mass is 16.6. The third-order valence-electron chi connectivity index (χ3n) is 2.85. The first-order chi connectivity index (χ1) is 9.29. The van der Waals surface area contributed by atoms with Gasteiger partial charge < -0.3 is 26.4 Å². The predicted molar refractivity (Wildman–Crippen MR) is 69.9 cm³/mol. The number of carboxylic acids is 2. The highest BCUT2D eigenvalue weighted by molar-refractivity contribution is 6.04. The molecule has 0 rings (SSSR count). The molecule has 20 heavy (non-hydrogen) atoms. The third kappa shape index (κ3) is 5.14. The zero-order chi connectivity index (χ0) is 15.8. The Hall–Kier alpha value is -1.67. The molecule has 0 radical (unpaired) electrons. The number of carbonyl (C=O) groups is 3. The van der Waals surface area contributed by atoms with E-state index in [2.05, 4.69) is 0 Å². The van der Waals surface area contributed by atoms with Gasteiger partial charge in [-0.15, -0.1) is 0 Å². The van der Waals surface area contributed by atoms with E-state index < -0.39 is 29.6 Å². The first-order valence-corrected chi connectivity index (χ1v) is 6.45. The van der Waals surface area contributed by atoms with E-state index >= 15 is 0 Å². The van der Waals surface area contributed by atoms with Gasteiger partial charge in [0.05, 0.1) is 0 Å². The average molecular weight is 290 g/mol. The van der Waals surface area contributed by atoms with Crippen LogP contribution in [0.25, 0.3) is 0 Å². The van der Waals surface area contributed by atoms with Crippen molar-refractivity contribution in [1.82, 2.24) is 0 Å². The van der Waals surface area contributed by atoms with Crippen molar-refractivity contribution >= 4 is 17.9 Å². The van der Waals surface area contributed by atoms with Crippen molar-refractivity contribution in [3.8, 4) is 0 Å². The number of nitrogens with two attached hydrogens (primary N) is 2. The molecule has 0 aromatic carbocycles. The summed E-state index contributed by atoms with van der Waals surface area (Å²) in [6.45, 7) is 2.07. The van der Waals surface area contributed by atoms with Gasteiger partial charge in [-0.3, -0.25) is 0 Å². The number of carbonyl (C=O) groups excluding carboxylic acids is 1. The Labute approximate surface area is 117 Å². The molecule has 0 bridgehead atoms. The van der Waals surface area contributed by atoms with Crippen LogP contribution in [0.4, 0.5) is 0 Å². The molecule has 1 unspecified atom stereocenters. The molecule has 0 aromatic rings. The topological polar surface area (TPSA) is 153 Å². The molecule has 2 atom stereocenters. The Morgan fingerprint density at radius 2 is 1.85 bits per heavy atom. The standard InChI is InChI=1S/C12H22N2O6/c1-2-5-8(9(15)16)20-11(19)12(14,10(17)18)6-3-4-7-13/h8H,2-7,13-14H2,1H3,(H,15,16)(H,17,18)/t8?,12-/m0/s1. The smallest absolute Gasteiger partial charge is 0.345 e. The monoisotopic (exact) mass is 290 g/mol. The molecule has 0 heterocycles. The number of hydrogen-bond donors (Lipinski definition) is 4. The van der Waals surface area contributed by atoms with Gasteiger partial charge in [0.25, 0.3) is 0 Å². The van der Waals surface area contributed by atoms with Crippen LogP contribution in [0, 0.1) is 0 Å². The Kier molecular flexibility index (Phi) is 7.78. The summed E-state index contributed by atoms with van der Waals surface area (Å²) in [6.07, 6.45) is -0.126. The SMILES string of the molecule is CCCC(OC(=O)[C@](N)(CCCCN)C(=O)O)C(=O)O. The number of rotatable bonds is 10. The van der Waals surface area contributed by atoms with Crippen LogP contribution in [0.5, 0.6) is 0 Å². The minimum atomic E-state index is -2.24. The van der Waals surface area contributed by atoms with Gasteiger partial charge >= 0.3 is 17.9 Å². The van der Waals surface area contributed by atoms with Crippen LogP contribution in [0.3, 0.4) is 0 Å². The molecule has 6 N–H and O–H groups in total. The normalized spacial score (nSPS) is 15.2. The van der Waals surface area contributed by atoms with Gasteiger partial charge in [0.2, 0.25) is 5.54 Å². The Balaban J connectivity index is 4.86. The van der Waals surface area contributed by atoms with Crippen molar-refractivity contribution in [2.45, 2.75) is 50.7 Å². The van der Waals surface area contributed by atoms with E-state index in [0.717, 1.165) is 0 Å². The quantitative estimate of drug-likeness (QED) is 0.243. The lowest BCUT2D eigenvalue weighted by atomic mass is 9.93. The van der Waals surface area contributed by atoms with Crippen LogP contribution in [-0.2, 0) is 19.1 Å². The maximum absolute atomic E-state index is 11.9. The maximum atomic E-state index is 11.9. The summed E-state index contributed by atoms with van der Waals surface area (Å²) in [6, 6.07) is 0. The van der Waals surface area contributed by atoms with Crippen LogP contribution in [-0.4, -0.2) is 46.3 Å². The van der Waals surface area contributed by atoms with Crippen LogP contribution in [0.1, 0.15) is 39.0 Å². The molecule has 8 nitrogen and oxygen atoms in total. The van der Waals surface area contributed by atoms with Crippen LogP contribution < -0.4 is 11.5 Å². The second kappa shape index (κ2) is 8.49. The molecule has 0 aliphatic rings. The number of aliphatic carboxylic acids is 2. The minimum absolute atomic E-state index is 0.0968. The van der Waals surface area contributed by atoms with Crippen LogP contribution in [0.15, 0.2) is 0 Å². The summed E-state index contributed by atoms with van der Waals surface area (Å²) in [5, 5.41) is 18.0. The third-order valence-corrected chi connectivity index (χ3v) is 2.85. The summed E-state index contributed by atoms with van der Waals surface area (Å²) in [7, 11) is 0. The van der Waals surface area contributed by atoms with Crippen LogP contribution in [0.2, 0.25) is 0 Å². The Bertz CT molecular complexity index is 360. The predicted octanol–water partition coefficient (Wildman–Crippen LogP) is -0.306. The van der Waals surface area contributed by atoms with Gasteiger partial charge in [0.1, 0.15) is 0 Å². The molecule has 8 heteroatoms. The second-order valence-corrected chi connectivity index (χ2v) is 4.54. The average Bonchev–Trinajstić information content (AvgIpc) is 2.37. The van der Waals surface area contributed by atoms with Gasteiger partial charge in [-0.25, -0.2) is 14.4 Å². The number of unbranched alkanes of at least 4 members (excludes halogenated alkanes) is 1. The van der Waals surface area contributed by atoms with E-state index in [-0.39, 0.29) is 12.8 Å². The summed E-state index contributed by atoms with van der Waals surface area (Å²) in [5.74, 6) is -4.10. The lowest BCUT2D eigenvalue weighted by molar-refractivity contribution is -0.173. The van der Waals surface area contributed by atoms with Crippen molar-refractivity contribution in [3.05, 3.63) is 0 Å². The summed E-state index contributed by atoms with van der Waals surface area (Å²) in [5.41, 5.74) is 8.61. The summed E-state index contributed by atoms with van der Waals surface area (Å²) < 4.78 is 4.73. The largest absolute Gasteiger partial charge is 0.479 e. The van der Waals surface area contributed by atoms with E-state index in [1.807, 2.05) is 0 Å². The highest BCUT2D eigenvalue weighted by Gasteiger charge is 2.45. The molecule has 0 saturated carbocycles. The van der Waals surface area contributed by atoms with Crippen LogP contribution >= 0.6 is 0 Å². The Morgan fingerprint density at radius 3 is 2.25 bits per heavy atom. The van der Waals surface area contributed by atoms with Gasteiger partial charge in [-0.2, -0.15) is 0 Å². The minimum Gasteiger partial charge on any atom is -0.479 e. The molecule has 0 saturated heterocycles. The van der Waals surface area contributed by atoms with E-state index in [1.54, 1.807) is 6.92 Å². The zero-order valence-electron chi connectivity index (χ0n) is 11.5. The fraction of sp³-hybridized carbons (Fsp3) is 0.750. The van der Waals surface area contributed by atoms with E-state index in [1.165, 1.54) is 0 Å². The van der Waals surface area contributed by atoms with E-state index in [9.17, 15) is 14.4 Å². The number of carboxylic acid groups (broad SMARTS) is 2. The van der Waals surface area contributed by atoms with Crippen molar-refractivity contribution in [2.24, 2.45) is 11.5 Å². The maximum Gasteiger partial charge on any atom is 0.345 e. The highest BCUT2D eigenvalue weighted by Crippen LogP contribution is 2.16. The molecule has 116 valence electrons. The fourth-order valence-corrected chi connectivity index (χ4v) is 1.57. The van der Waals surface area contributed by atoms with Gasteiger partial charge in [0.15, 0.2) is 6.10 Å². The number of ether oxygens (including phenoxy) is 1.